The van der Waals surface area contributed by atoms with Crippen molar-refractivity contribution < 1.29 is 14.6 Å². The Morgan fingerprint density at radius 1 is 1.71 bits per heavy atom. The fourth-order valence-corrected chi connectivity index (χ4v) is 1.68. The van der Waals surface area contributed by atoms with Gasteiger partial charge in [0, 0.05) is 5.92 Å². The van der Waals surface area contributed by atoms with E-state index in [1.54, 1.807) is 6.08 Å². The zero-order valence-electron chi connectivity index (χ0n) is 8.31. The van der Waals surface area contributed by atoms with Crippen LogP contribution in [0.2, 0.25) is 0 Å². The summed E-state index contributed by atoms with van der Waals surface area (Å²) in [6.07, 6.45) is 5.54. The first-order valence-electron chi connectivity index (χ1n) is 4.48. The minimum Gasteiger partial charge on any atom is -0.501 e. The molecule has 3 N–H and O–H groups in total. The van der Waals surface area contributed by atoms with Crippen LogP contribution in [0.4, 0.5) is 0 Å². The number of allylic oxidation sites excluding steroid dienone is 3. The second-order valence-electron chi connectivity index (χ2n) is 3.41. The Morgan fingerprint density at radius 3 is 2.86 bits per heavy atom. The number of carbonyl (C=O) groups is 1. The van der Waals surface area contributed by atoms with E-state index in [2.05, 4.69) is 0 Å². The molecule has 1 rings (SSSR count). The number of ether oxygens (including phenoxy) is 1. The summed E-state index contributed by atoms with van der Waals surface area (Å²) < 4.78 is 5.11. The Hall–Kier alpha value is -1.29. The monoisotopic (exact) mass is 197 g/mol. The van der Waals surface area contributed by atoms with Crippen LogP contribution in [0.3, 0.4) is 0 Å². The van der Waals surface area contributed by atoms with Gasteiger partial charge in [0.1, 0.15) is 11.8 Å². The largest absolute Gasteiger partial charge is 0.501 e. The van der Waals surface area contributed by atoms with Gasteiger partial charge in [0.05, 0.1) is 7.11 Å². The molecule has 4 nitrogen and oxygen atoms in total. The highest BCUT2D eigenvalue weighted by molar-refractivity contribution is 5.74. The fourth-order valence-electron chi connectivity index (χ4n) is 1.68. The summed E-state index contributed by atoms with van der Waals surface area (Å²) in [6.45, 7) is 1.93. The average Bonchev–Trinajstić information content (AvgIpc) is 2.16. The van der Waals surface area contributed by atoms with Gasteiger partial charge in [-0.1, -0.05) is 19.1 Å². The molecule has 4 heteroatoms. The molecular formula is C10H15NO3. The molecule has 0 fully saturated rings. The van der Waals surface area contributed by atoms with E-state index in [1.807, 2.05) is 19.1 Å². The van der Waals surface area contributed by atoms with Gasteiger partial charge in [-0.3, -0.25) is 4.79 Å². The van der Waals surface area contributed by atoms with E-state index in [1.165, 1.54) is 7.11 Å². The first kappa shape index (κ1) is 10.8. The van der Waals surface area contributed by atoms with E-state index in [0.717, 1.165) is 0 Å². The topological polar surface area (TPSA) is 72.5 Å². The maximum atomic E-state index is 10.8. The Morgan fingerprint density at radius 2 is 2.36 bits per heavy atom. The summed E-state index contributed by atoms with van der Waals surface area (Å²) in [7, 11) is 1.53. The van der Waals surface area contributed by atoms with E-state index in [0.29, 0.717) is 5.76 Å². The van der Waals surface area contributed by atoms with Crippen LogP contribution in [0.1, 0.15) is 6.92 Å². The number of nitrogens with two attached hydrogens (primary N) is 1. The van der Waals surface area contributed by atoms with Crippen LogP contribution >= 0.6 is 0 Å². The van der Waals surface area contributed by atoms with E-state index >= 15 is 0 Å². The molecular weight excluding hydrogens is 182 g/mol. The molecule has 0 heterocycles. The summed E-state index contributed by atoms with van der Waals surface area (Å²) in [5.41, 5.74) is 5.59. The number of rotatable bonds is 3. The van der Waals surface area contributed by atoms with E-state index in [4.69, 9.17) is 15.6 Å². The molecule has 14 heavy (non-hydrogen) atoms. The standard InChI is InChI=1S/C10H15NO3/c1-6-4-3-5-7(14-2)8(6)9(11)10(12)13/h3-6,8-9H,11H2,1-2H3,(H,12,13)/t6?,8?,9-/m1/s1. The number of methoxy groups -OCH3 is 1. The molecule has 2 unspecified atom stereocenters. The zero-order valence-corrected chi connectivity index (χ0v) is 8.31. The van der Waals surface area contributed by atoms with Gasteiger partial charge in [-0.25, -0.2) is 0 Å². The quantitative estimate of drug-likeness (QED) is 0.700. The van der Waals surface area contributed by atoms with Crippen molar-refractivity contribution in [2.75, 3.05) is 7.11 Å². The number of hydrogen-bond acceptors (Lipinski definition) is 3. The van der Waals surface area contributed by atoms with Gasteiger partial charge in [0.25, 0.3) is 0 Å². The van der Waals surface area contributed by atoms with Gasteiger partial charge >= 0.3 is 5.97 Å². The maximum absolute atomic E-state index is 10.8. The van der Waals surface area contributed by atoms with Crippen LogP contribution in [0.15, 0.2) is 24.0 Å². The Kier molecular flexibility index (Phi) is 3.30. The third-order valence-electron chi connectivity index (χ3n) is 2.48. The zero-order chi connectivity index (χ0) is 10.7. The van der Waals surface area contributed by atoms with Crippen LogP contribution in [0.5, 0.6) is 0 Å². The van der Waals surface area contributed by atoms with Crippen molar-refractivity contribution in [2.45, 2.75) is 13.0 Å². The van der Waals surface area contributed by atoms with Crippen LogP contribution < -0.4 is 5.73 Å². The molecule has 0 bridgehead atoms. The second-order valence-corrected chi connectivity index (χ2v) is 3.41. The van der Waals surface area contributed by atoms with Gasteiger partial charge in [0.15, 0.2) is 0 Å². The predicted molar refractivity (Wildman–Crippen MR) is 52.5 cm³/mol. The lowest BCUT2D eigenvalue weighted by Gasteiger charge is -2.28. The smallest absolute Gasteiger partial charge is 0.321 e. The van der Waals surface area contributed by atoms with Crippen LogP contribution in [-0.2, 0) is 9.53 Å². The summed E-state index contributed by atoms with van der Waals surface area (Å²) in [5, 5.41) is 8.83. The van der Waals surface area contributed by atoms with Crippen molar-refractivity contribution >= 4 is 5.97 Å². The Bertz CT molecular complexity index is 283. The number of aliphatic carboxylic acids is 1. The molecule has 3 atom stereocenters. The molecule has 0 aromatic carbocycles. The number of hydrogen-bond donors (Lipinski definition) is 2. The van der Waals surface area contributed by atoms with Crippen molar-refractivity contribution in [3.05, 3.63) is 24.0 Å². The highest BCUT2D eigenvalue weighted by Crippen LogP contribution is 2.28. The molecule has 0 saturated carbocycles. The molecule has 0 saturated heterocycles. The van der Waals surface area contributed by atoms with Crippen molar-refractivity contribution in [3.63, 3.8) is 0 Å². The second kappa shape index (κ2) is 4.28. The third-order valence-corrected chi connectivity index (χ3v) is 2.48. The average molecular weight is 197 g/mol. The van der Waals surface area contributed by atoms with Gasteiger partial charge in [-0.15, -0.1) is 0 Å². The van der Waals surface area contributed by atoms with E-state index in [-0.39, 0.29) is 11.8 Å². The summed E-state index contributed by atoms with van der Waals surface area (Å²) in [4.78, 5) is 10.8. The maximum Gasteiger partial charge on any atom is 0.321 e. The fraction of sp³-hybridized carbons (Fsp3) is 0.500. The van der Waals surface area contributed by atoms with Gasteiger partial charge in [-0.05, 0) is 12.0 Å². The number of carboxylic acid groups (broad SMARTS) is 1. The molecule has 0 aliphatic heterocycles. The molecule has 0 radical (unpaired) electrons. The van der Waals surface area contributed by atoms with Crippen molar-refractivity contribution in [2.24, 2.45) is 17.6 Å². The molecule has 78 valence electrons. The Balaban J connectivity index is 2.89. The highest BCUT2D eigenvalue weighted by atomic mass is 16.5. The summed E-state index contributed by atoms with van der Waals surface area (Å²) >= 11 is 0. The van der Waals surface area contributed by atoms with Crippen LogP contribution in [-0.4, -0.2) is 24.2 Å². The van der Waals surface area contributed by atoms with E-state index in [9.17, 15) is 4.79 Å². The van der Waals surface area contributed by atoms with Gasteiger partial charge in [0.2, 0.25) is 0 Å². The van der Waals surface area contributed by atoms with Crippen LogP contribution in [0, 0.1) is 11.8 Å². The van der Waals surface area contributed by atoms with Gasteiger partial charge < -0.3 is 15.6 Å². The summed E-state index contributed by atoms with van der Waals surface area (Å²) in [6, 6.07) is -0.916. The van der Waals surface area contributed by atoms with Crippen LogP contribution in [0.25, 0.3) is 0 Å². The minimum absolute atomic E-state index is 0.0843. The Labute approximate surface area is 83.0 Å². The van der Waals surface area contributed by atoms with Crippen molar-refractivity contribution in [1.29, 1.82) is 0 Å². The summed E-state index contributed by atoms with van der Waals surface area (Å²) in [5.74, 6) is -0.557. The predicted octanol–water partition coefficient (Wildman–Crippen LogP) is 0.751. The SMILES string of the molecule is COC1=CC=CC(C)C1[C@@H](N)C(=O)O. The van der Waals surface area contributed by atoms with E-state index < -0.39 is 12.0 Å². The third kappa shape index (κ3) is 1.96. The van der Waals surface area contributed by atoms with Crippen molar-refractivity contribution in [1.82, 2.24) is 0 Å². The molecule has 0 aromatic rings. The highest BCUT2D eigenvalue weighted by Gasteiger charge is 2.33. The lowest BCUT2D eigenvalue weighted by Crippen LogP contribution is -2.42. The lowest BCUT2D eigenvalue weighted by molar-refractivity contribution is -0.140. The lowest BCUT2D eigenvalue weighted by atomic mass is 9.83. The van der Waals surface area contributed by atoms with Crippen molar-refractivity contribution in [3.8, 4) is 0 Å². The number of carboxylic acids is 1. The first-order valence-corrected chi connectivity index (χ1v) is 4.48. The molecule has 1 aliphatic carbocycles. The first-order chi connectivity index (χ1) is 6.57. The van der Waals surface area contributed by atoms with Gasteiger partial charge in [-0.2, -0.15) is 0 Å². The normalized spacial score (nSPS) is 28.1. The molecule has 0 amide bonds. The molecule has 0 spiro atoms. The molecule has 1 aliphatic rings. The molecule has 0 aromatic heterocycles. The minimum atomic E-state index is -1.000.